The summed E-state index contributed by atoms with van der Waals surface area (Å²) in [6.07, 6.45) is 0. The predicted octanol–water partition coefficient (Wildman–Crippen LogP) is 6.79. The molecule has 1 aromatic heterocycles. The Bertz CT molecular complexity index is 1510. The third-order valence-electron chi connectivity index (χ3n) is 5.45. The summed E-state index contributed by atoms with van der Waals surface area (Å²) in [7, 11) is 0. The second kappa shape index (κ2) is 10.5. The van der Waals surface area contributed by atoms with Crippen molar-refractivity contribution in [3.05, 3.63) is 108 Å². The van der Waals surface area contributed by atoms with Gasteiger partial charge in [0.25, 0.3) is 5.91 Å². The molecule has 0 atom stereocenters. The van der Waals surface area contributed by atoms with Gasteiger partial charge < -0.3 is 15.1 Å². The number of aryl methyl sites for hydroxylation is 1. The minimum Gasteiger partial charge on any atom is -0.436 e. The van der Waals surface area contributed by atoms with Crippen LogP contribution in [-0.2, 0) is 4.79 Å². The molecule has 0 aliphatic rings. The van der Waals surface area contributed by atoms with Gasteiger partial charge in [0.15, 0.2) is 5.58 Å². The number of rotatable bonds is 7. The number of nitrogens with one attached hydrogen (secondary N) is 2. The van der Waals surface area contributed by atoms with Crippen LogP contribution >= 0.6 is 11.8 Å². The van der Waals surface area contributed by atoms with E-state index in [9.17, 15) is 9.59 Å². The lowest BCUT2D eigenvalue weighted by atomic mass is 10.1. The largest absolute Gasteiger partial charge is 0.436 e. The van der Waals surface area contributed by atoms with Crippen LogP contribution < -0.4 is 10.6 Å². The van der Waals surface area contributed by atoms with E-state index in [1.54, 1.807) is 6.07 Å². The number of benzene rings is 4. The van der Waals surface area contributed by atoms with Crippen molar-refractivity contribution in [2.45, 2.75) is 11.8 Å². The van der Waals surface area contributed by atoms with Crippen LogP contribution in [0.15, 0.2) is 106 Å². The number of fused-ring (bicyclic) bond motifs is 1. The Balaban J connectivity index is 1.16. The Morgan fingerprint density at radius 2 is 1.64 bits per heavy atom. The number of thioether (sulfide) groups is 1. The second-order valence-electron chi connectivity index (χ2n) is 8.25. The molecular formula is C29H23N3O3S. The fraction of sp³-hybridized carbons (Fsp3) is 0.0690. The molecule has 0 radical (unpaired) electrons. The topological polar surface area (TPSA) is 84.2 Å². The lowest BCUT2D eigenvalue weighted by Gasteiger charge is -2.09. The number of amides is 2. The zero-order valence-corrected chi connectivity index (χ0v) is 20.3. The molecule has 36 heavy (non-hydrogen) atoms. The number of para-hydroxylation sites is 2. The zero-order valence-electron chi connectivity index (χ0n) is 19.5. The molecule has 4 aromatic carbocycles. The summed E-state index contributed by atoms with van der Waals surface area (Å²) in [6, 6.07) is 29.9. The van der Waals surface area contributed by atoms with E-state index in [1.165, 1.54) is 11.8 Å². The summed E-state index contributed by atoms with van der Waals surface area (Å²) in [5.74, 6) is 0.491. The van der Waals surface area contributed by atoms with Crippen LogP contribution in [-0.4, -0.2) is 22.6 Å². The first-order valence-electron chi connectivity index (χ1n) is 11.4. The van der Waals surface area contributed by atoms with Crippen molar-refractivity contribution in [1.82, 2.24) is 4.98 Å². The number of aromatic nitrogens is 1. The Hall–Kier alpha value is -4.36. The van der Waals surface area contributed by atoms with Crippen LogP contribution in [0.3, 0.4) is 0 Å². The van der Waals surface area contributed by atoms with Crippen molar-refractivity contribution < 1.29 is 14.0 Å². The average Bonchev–Trinajstić information content (AvgIpc) is 3.33. The lowest BCUT2D eigenvalue weighted by molar-refractivity contribution is -0.113. The van der Waals surface area contributed by atoms with Crippen molar-refractivity contribution in [2.24, 2.45) is 0 Å². The standard InChI is InChI=1S/C29H23N3O3S/c1-19-6-4-7-21(16-19)28(34)31-23-8-5-9-24(17-23)36-18-27(33)30-22-14-12-20(13-15-22)29-32-25-10-2-3-11-26(25)35-29/h2-17H,18H2,1H3,(H,30,33)(H,31,34). The molecule has 0 spiro atoms. The van der Waals surface area contributed by atoms with E-state index >= 15 is 0 Å². The Kier molecular flexibility index (Phi) is 6.82. The van der Waals surface area contributed by atoms with Gasteiger partial charge >= 0.3 is 0 Å². The van der Waals surface area contributed by atoms with Gasteiger partial charge in [-0.25, -0.2) is 4.98 Å². The first kappa shape index (κ1) is 23.4. The number of nitrogens with zero attached hydrogens (tertiary/aromatic N) is 1. The fourth-order valence-corrected chi connectivity index (χ4v) is 4.45. The predicted molar refractivity (Wildman–Crippen MR) is 144 cm³/mol. The summed E-state index contributed by atoms with van der Waals surface area (Å²) in [5, 5.41) is 5.83. The molecule has 5 rings (SSSR count). The minimum absolute atomic E-state index is 0.121. The van der Waals surface area contributed by atoms with Gasteiger partial charge in [0.05, 0.1) is 5.75 Å². The van der Waals surface area contributed by atoms with Gasteiger partial charge in [-0.1, -0.05) is 35.9 Å². The van der Waals surface area contributed by atoms with Crippen molar-refractivity contribution in [3.8, 4) is 11.5 Å². The molecule has 5 aromatic rings. The van der Waals surface area contributed by atoms with E-state index in [4.69, 9.17) is 4.42 Å². The van der Waals surface area contributed by atoms with E-state index in [0.29, 0.717) is 22.8 Å². The molecule has 178 valence electrons. The second-order valence-corrected chi connectivity index (χ2v) is 9.30. The molecule has 0 bridgehead atoms. The maximum atomic E-state index is 12.5. The van der Waals surface area contributed by atoms with E-state index < -0.39 is 0 Å². The maximum Gasteiger partial charge on any atom is 0.255 e. The first-order chi connectivity index (χ1) is 17.5. The quantitative estimate of drug-likeness (QED) is 0.244. The average molecular weight is 494 g/mol. The normalized spacial score (nSPS) is 10.8. The Labute approximate surface area is 212 Å². The van der Waals surface area contributed by atoms with Crippen LogP contribution in [0.25, 0.3) is 22.6 Å². The number of hydrogen-bond donors (Lipinski definition) is 2. The summed E-state index contributed by atoms with van der Waals surface area (Å²) in [4.78, 5) is 30.4. The maximum absolute atomic E-state index is 12.5. The van der Waals surface area contributed by atoms with Gasteiger partial charge in [0.2, 0.25) is 11.8 Å². The number of anilines is 2. The van der Waals surface area contributed by atoms with Gasteiger partial charge in [0, 0.05) is 27.4 Å². The Morgan fingerprint density at radius 3 is 2.44 bits per heavy atom. The highest BCUT2D eigenvalue weighted by Gasteiger charge is 2.10. The Morgan fingerprint density at radius 1 is 0.833 bits per heavy atom. The number of carbonyl (C=O) groups excluding carboxylic acids is 2. The van der Waals surface area contributed by atoms with Crippen molar-refractivity contribution in [2.75, 3.05) is 16.4 Å². The SMILES string of the molecule is Cc1cccc(C(=O)Nc2cccc(SCC(=O)Nc3ccc(-c4nc5ccccc5o4)cc3)c2)c1. The minimum atomic E-state index is -0.167. The molecule has 0 saturated carbocycles. The molecule has 1 heterocycles. The van der Waals surface area contributed by atoms with Crippen LogP contribution in [0, 0.1) is 6.92 Å². The molecule has 6 nitrogen and oxygen atoms in total. The molecule has 7 heteroatoms. The molecule has 0 unspecified atom stereocenters. The smallest absolute Gasteiger partial charge is 0.255 e. The van der Waals surface area contributed by atoms with Crippen LogP contribution in [0.5, 0.6) is 0 Å². The summed E-state index contributed by atoms with van der Waals surface area (Å²) < 4.78 is 5.80. The highest BCUT2D eigenvalue weighted by Crippen LogP contribution is 2.26. The van der Waals surface area contributed by atoms with E-state index in [1.807, 2.05) is 97.9 Å². The lowest BCUT2D eigenvalue weighted by Crippen LogP contribution is -2.14. The van der Waals surface area contributed by atoms with Gasteiger partial charge in [-0.15, -0.1) is 11.8 Å². The van der Waals surface area contributed by atoms with E-state index in [-0.39, 0.29) is 17.6 Å². The number of carbonyl (C=O) groups is 2. The zero-order chi connectivity index (χ0) is 24.9. The fourth-order valence-electron chi connectivity index (χ4n) is 3.69. The monoisotopic (exact) mass is 493 g/mol. The third-order valence-corrected chi connectivity index (χ3v) is 6.45. The van der Waals surface area contributed by atoms with Crippen LogP contribution in [0.1, 0.15) is 15.9 Å². The van der Waals surface area contributed by atoms with Gasteiger partial charge in [-0.3, -0.25) is 9.59 Å². The van der Waals surface area contributed by atoms with E-state index in [0.717, 1.165) is 27.1 Å². The summed E-state index contributed by atoms with van der Waals surface area (Å²) >= 11 is 1.40. The van der Waals surface area contributed by atoms with Crippen molar-refractivity contribution in [3.63, 3.8) is 0 Å². The molecule has 2 amide bonds. The van der Waals surface area contributed by atoms with Crippen molar-refractivity contribution in [1.29, 1.82) is 0 Å². The van der Waals surface area contributed by atoms with Crippen LogP contribution in [0.2, 0.25) is 0 Å². The summed E-state index contributed by atoms with van der Waals surface area (Å²) in [6.45, 7) is 1.95. The first-order valence-corrected chi connectivity index (χ1v) is 12.4. The third kappa shape index (κ3) is 5.64. The molecule has 0 aliphatic heterocycles. The molecule has 0 aliphatic carbocycles. The van der Waals surface area contributed by atoms with Crippen LogP contribution in [0.4, 0.5) is 11.4 Å². The highest BCUT2D eigenvalue weighted by atomic mass is 32.2. The van der Waals surface area contributed by atoms with Gasteiger partial charge in [-0.2, -0.15) is 0 Å². The molecule has 2 N–H and O–H groups in total. The number of oxazole rings is 1. The molecular weight excluding hydrogens is 470 g/mol. The van der Waals surface area contributed by atoms with Gasteiger partial charge in [-0.05, 0) is 73.7 Å². The molecule has 0 saturated heterocycles. The van der Waals surface area contributed by atoms with Crippen molar-refractivity contribution >= 4 is 46.1 Å². The van der Waals surface area contributed by atoms with Gasteiger partial charge in [0.1, 0.15) is 5.52 Å². The molecule has 0 fully saturated rings. The summed E-state index contributed by atoms with van der Waals surface area (Å²) in [5.41, 5.74) is 5.39. The van der Waals surface area contributed by atoms with E-state index in [2.05, 4.69) is 15.6 Å². The highest BCUT2D eigenvalue weighted by molar-refractivity contribution is 8.00. The number of hydrogen-bond acceptors (Lipinski definition) is 5.